The zero-order chi connectivity index (χ0) is 11.5. The van der Waals surface area contributed by atoms with Gasteiger partial charge < -0.3 is 5.11 Å². The fourth-order valence-corrected chi connectivity index (χ4v) is 2.28. The smallest absolute Gasteiger partial charge is 0.317 e. The molecular weight excluding hydrogens is 246 g/mol. The molecule has 0 aliphatic heterocycles. The third kappa shape index (κ3) is 2.23. The molecule has 1 N–H and O–H groups in total. The van der Waals surface area contributed by atoms with E-state index >= 15 is 0 Å². The zero-order valence-corrected chi connectivity index (χ0v) is 9.70. The van der Waals surface area contributed by atoms with Gasteiger partial charge in [-0.15, -0.1) is 11.3 Å². The van der Waals surface area contributed by atoms with Crippen molar-refractivity contribution in [2.75, 3.05) is 0 Å². The van der Waals surface area contributed by atoms with Crippen molar-refractivity contribution in [2.45, 2.75) is 5.92 Å². The Balaban J connectivity index is 2.43. The van der Waals surface area contributed by atoms with E-state index in [1.54, 1.807) is 29.6 Å². The molecular formula is C11H8ClNO2S. The fourth-order valence-electron chi connectivity index (χ4n) is 1.48. The Bertz CT molecular complexity index is 498. The largest absolute Gasteiger partial charge is 0.480 e. The average molecular weight is 254 g/mol. The molecule has 16 heavy (non-hydrogen) atoms. The summed E-state index contributed by atoms with van der Waals surface area (Å²) in [6.45, 7) is 0. The summed E-state index contributed by atoms with van der Waals surface area (Å²) in [5.41, 5.74) is 1.19. The molecule has 2 aromatic rings. The summed E-state index contributed by atoms with van der Waals surface area (Å²) in [5, 5.41) is 10.9. The Morgan fingerprint density at radius 3 is 2.56 bits per heavy atom. The van der Waals surface area contributed by atoms with Gasteiger partial charge in [0.15, 0.2) is 4.47 Å². The first-order valence-electron chi connectivity index (χ1n) is 4.57. The van der Waals surface area contributed by atoms with Gasteiger partial charge in [-0.3, -0.25) is 4.79 Å². The maximum atomic E-state index is 11.2. The van der Waals surface area contributed by atoms with Crippen LogP contribution in [0.15, 0.2) is 35.7 Å². The minimum Gasteiger partial charge on any atom is -0.480 e. The first kappa shape index (κ1) is 11.1. The molecule has 1 heterocycles. The van der Waals surface area contributed by atoms with Crippen LogP contribution in [-0.2, 0) is 4.79 Å². The van der Waals surface area contributed by atoms with E-state index < -0.39 is 11.9 Å². The predicted octanol–water partition coefficient (Wildman–Crippen LogP) is 3.01. The van der Waals surface area contributed by atoms with E-state index in [0.717, 1.165) is 0 Å². The third-order valence-electron chi connectivity index (χ3n) is 2.17. The molecule has 1 atom stereocenters. The highest BCUT2D eigenvalue weighted by Crippen LogP contribution is 2.27. The number of nitrogens with zero attached hydrogens (tertiary/aromatic N) is 1. The second-order valence-electron chi connectivity index (χ2n) is 3.21. The summed E-state index contributed by atoms with van der Waals surface area (Å²) in [6, 6.07) is 8.99. The number of halogens is 1. The molecule has 0 saturated carbocycles. The fraction of sp³-hybridized carbons (Fsp3) is 0.0909. The number of aliphatic carboxylic acids is 1. The lowest BCUT2D eigenvalue weighted by Crippen LogP contribution is -2.13. The van der Waals surface area contributed by atoms with Crippen LogP contribution in [0, 0.1) is 0 Å². The number of rotatable bonds is 3. The zero-order valence-electron chi connectivity index (χ0n) is 8.13. The minimum atomic E-state index is -0.923. The Labute approximate surface area is 101 Å². The second-order valence-corrected chi connectivity index (χ2v) is 4.65. The highest BCUT2D eigenvalue weighted by Gasteiger charge is 2.24. The quantitative estimate of drug-likeness (QED) is 0.915. The molecule has 0 fully saturated rings. The van der Waals surface area contributed by atoms with Crippen LogP contribution in [0.2, 0.25) is 4.47 Å². The normalized spacial score (nSPS) is 12.3. The van der Waals surface area contributed by atoms with E-state index in [-0.39, 0.29) is 0 Å². The molecule has 2 rings (SSSR count). The highest BCUT2D eigenvalue weighted by molar-refractivity contribution is 7.14. The van der Waals surface area contributed by atoms with Crippen LogP contribution in [-0.4, -0.2) is 16.1 Å². The summed E-state index contributed by atoms with van der Waals surface area (Å²) in [6.07, 6.45) is 0. The van der Waals surface area contributed by atoms with E-state index in [0.29, 0.717) is 15.7 Å². The number of carboxylic acids is 1. The van der Waals surface area contributed by atoms with Gasteiger partial charge in [0.1, 0.15) is 5.92 Å². The van der Waals surface area contributed by atoms with Crippen molar-refractivity contribution < 1.29 is 9.90 Å². The first-order chi connectivity index (χ1) is 7.68. The van der Waals surface area contributed by atoms with Gasteiger partial charge in [0.2, 0.25) is 0 Å². The molecule has 1 unspecified atom stereocenters. The molecule has 5 heteroatoms. The Morgan fingerprint density at radius 1 is 1.38 bits per heavy atom. The van der Waals surface area contributed by atoms with E-state index in [1.807, 2.05) is 6.07 Å². The summed E-state index contributed by atoms with van der Waals surface area (Å²) >= 11 is 6.95. The second kappa shape index (κ2) is 4.63. The summed E-state index contributed by atoms with van der Waals surface area (Å²) in [4.78, 5) is 15.2. The van der Waals surface area contributed by atoms with Gasteiger partial charge in [0, 0.05) is 5.38 Å². The molecule has 0 radical (unpaired) electrons. The van der Waals surface area contributed by atoms with Crippen LogP contribution in [0.5, 0.6) is 0 Å². The number of aromatic nitrogens is 1. The van der Waals surface area contributed by atoms with Gasteiger partial charge in [-0.2, -0.15) is 0 Å². The van der Waals surface area contributed by atoms with Gasteiger partial charge >= 0.3 is 5.97 Å². The van der Waals surface area contributed by atoms with Crippen LogP contribution in [0.4, 0.5) is 0 Å². The van der Waals surface area contributed by atoms with Crippen molar-refractivity contribution in [2.24, 2.45) is 0 Å². The van der Waals surface area contributed by atoms with Gasteiger partial charge in [0.25, 0.3) is 0 Å². The van der Waals surface area contributed by atoms with Crippen molar-refractivity contribution in [3.8, 4) is 0 Å². The lowest BCUT2D eigenvalue weighted by molar-refractivity contribution is -0.137. The topological polar surface area (TPSA) is 50.2 Å². The summed E-state index contributed by atoms with van der Waals surface area (Å²) in [5.74, 6) is -1.67. The third-order valence-corrected chi connectivity index (χ3v) is 3.17. The van der Waals surface area contributed by atoms with Crippen LogP contribution in [0.3, 0.4) is 0 Å². The molecule has 0 spiro atoms. The van der Waals surface area contributed by atoms with Crippen molar-refractivity contribution >= 4 is 28.9 Å². The maximum Gasteiger partial charge on any atom is 0.317 e. The molecule has 1 aromatic carbocycles. The number of benzene rings is 1. The van der Waals surface area contributed by atoms with Crippen molar-refractivity contribution in [3.05, 3.63) is 51.4 Å². The average Bonchev–Trinajstić information content (AvgIpc) is 2.66. The van der Waals surface area contributed by atoms with Gasteiger partial charge in [-0.25, -0.2) is 4.98 Å². The van der Waals surface area contributed by atoms with Gasteiger partial charge in [0.05, 0.1) is 5.69 Å². The standard InChI is InChI=1S/C11H8ClNO2S/c12-11-13-8(6-16-11)9(10(14)15)7-4-2-1-3-5-7/h1-6,9H,(H,14,15). The highest BCUT2D eigenvalue weighted by atomic mass is 35.5. The minimum absolute atomic E-state index is 0.359. The number of hydrogen-bond acceptors (Lipinski definition) is 3. The predicted molar refractivity (Wildman–Crippen MR) is 63.0 cm³/mol. The Hall–Kier alpha value is -1.39. The summed E-state index contributed by atoms with van der Waals surface area (Å²) in [7, 11) is 0. The van der Waals surface area contributed by atoms with E-state index in [4.69, 9.17) is 11.6 Å². The molecule has 82 valence electrons. The molecule has 0 aliphatic carbocycles. The van der Waals surface area contributed by atoms with Gasteiger partial charge in [-0.05, 0) is 5.56 Å². The lowest BCUT2D eigenvalue weighted by atomic mass is 9.97. The monoisotopic (exact) mass is 253 g/mol. The number of thiazole rings is 1. The van der Waals surface area contributed by atoms with Gasteiger partial charge in [-0.1, -0.05) is 41.9 Å². The van der Waals surface area contributed by atoms with Crippen LogP contribution < -0.4 is 0 Å². The van der Waals surface area contributed by atoms with E-state index in [1.165, 1.54) is 11.3 Å². The SMILES string of the molecule is O=C(O)C(c1ccccc1)c1csc(Cl)n1. The molecule has 0 amide bonds. The molecule has 1 aromatic heterocycles. The van der Waals surface area contributed by atoms with Crippen molar-refractivity contribution in [1.82, 2.24) is 4.98 Å². The van der Waals surface area contributed by atoms with Crippen molar-refractivity contribution in [3.63, 3.8) is 0 Å². The Kier molecular flexibility index (Phi) is 3.22. The number of hydrogen-bond donors (Lipinski definition) is 1. The molecule has 0 bridgehead atoms. The van der Waals surface area contributed by atoms with E-state index in [9.17, 15) is 9.90 Å². The van der Waals surface area contributed by atoms with Crippen LogP contribution >= 0.6 is 22.9 Å². The summed E-state index contributed by atoms with van der Waals surface area (Å²) < 4.78 is 0.359. The molecule has 0 aliphatic rings. The maximum absolute atomic E-state index is 11.2. The lowest BCUT2D eigenvalue weighted by Gasteiger charge is -2.09. The number of carbonyl (C=O) groups is 1. The number of carboxylic acid groups (broad SMARTS) is 1. The Morgan fingerprint density at radius 2 is 2.06 bits per heavy atom. The van der Waals surface area contributed by atoms with Crippen LogP contribution in [0.1, 0.15) is 17.2 Å². The van der Waals surface area contributed by atoms with E-state index in [2.05, 4.69) is 4.98 Å². The molecule has 0 saturated heterocycles. The first-order valence-corrected chi connectivity index (χ1v) is 5.83. The van der Waals surface area contributed by atoms with Crippen molar-refractivity contribution in [1.29, 1.82) is 0 Å². The molecule has 3 nitrogen and oxygen atoms in total. The van der Waals surface area contributed by atoms with Crippen LogP contribution in [0.25, 0.3) is 0 Å².